The van der Waals surface area contributed by atoms with Crippen LogP contribution in [0.2, 0.25) is 0 Å². The molecule has 4 saturated carbocycles. The van der Waals surface area contributed by atoms with Gasteiger partial charge in [-0.3, -0.25) is 0 Å². The fourth-order valence-corrected chi connectivity index (χ4v) is 8.81. The first kappa shape index (κ1) is 18.8. The van der Waals surface area contributed by atoms with E-state index in [1.54, 1.807) is 0 Å². The lowest BCUT2D eigenvalue weighted by atomic mass is 9.44. The van der Waals surface area contributed by atoms with Crippen LogP contribution in [0.15, 0.2) is 0 Å². The smallest absolute Gasteiger partial charge is 0.0622 e. The summed E-state index contributed by atoms with van der Waals surface area (Å²) in [5, 5.41) is 11.7. The largest absolute Gasteiger partial charge is 0.390 e. The molecule has 0 aromatic heterocycles. The molecule has 4 aliphatic carbocycles. The van der Waals surface area contributed by atoms with E-state index in [4.69, 9.17) is 0 Å². The summed E-state index contributed by atoms with van der Waals surface area (Å²) in [6.07, 6.45) is 13.6. The summed E-state index contributed by atoms with van der Waals surface area (Å²) in [5.74, 6) is 6.45. The van der Waals surface area contributed by atoms with Gasteiger partial charge in [-0.1, -0.05) is 36.2 Å². The molecule has 144 valence electrons. The van der Waals surface area contributed by atoms with Crippen LogP contribution >= 0.6 is 15.9 Å². The molecule has 4 rings (SSSR count). The Balaban J connectivity index is 1.55. The second-order valence-corrected chi connectivity index (χ2v) is 11.5. The minimum Gasteiger partial charge on any atom is -0.390 e. The van der Waals surface area contributed by atoms with E-state index in [-0.39, 0.29) is 5.60 Å². The molecule has 4 fully saturated rings. The van der Waals surface area contributed by atoms with Gasteiger partial charge in [0.1, 0.15) is 0 Å². The average Bonchev–Trinajstić information content (AvgIpc) is 2.58. The van der Waals surface area contributed by atoms with Crippen molar-refractivity contribution in [1.29, 1.82) is 0 Å². The van der Waals surface area contributed by atoms with E-state index in [1.807, 2.05) is 0 Å². The van der Waals surface area contributed by atoms with Gasteiger partial charge in [-0.05, 0) is 112 Å². The van der Waals surface area contributed by atoms with Crippen LogP contribution in [0.25, 0.3) is 0 Å². The third-order valence-electron chi connectivity index (χ3n) is 9.48. The second-order valence-electron chi connectivity index (χ2n) is 10.9. The Hall–Kier alpha value is 0.440. The summed E-state index contributed by atoms with van der Waals surface area (Å²) in [4.78, 5) is 0. The Morgan fingerprint density at radius 3 is 2.48 bits per heavy atom. The number of hydrogen-bond acceptors (Lipinski definition) is 1. The van der Waals surface area contributed by atoms with Crippen molar-refractivity contribution in [2.45, 2.75) is 90.6 Å². The van der Waals surface area contributed by atoms with Crippen LogP contribution in [0.3, 0.4) is 0 Å². The predicted molar refractivity (Wildman–Crippen MR) is 109 cm³/mol. The number of aliphatic hydroxyl groups is 1. The van der Waals surface area contributed by atoms with Crippen molar-refractivity contribution >= 4 is 15.9 Å². The highest BCUT2D eigenvalue weighted by molar-refractivity contribution is 9.09. The van der Waals surface area contributed by atoms with Gasteiger partial charge in [-0.15, -0.1) is 0 Å². The van der Waals surface area contributed by atoms with E-state index in [0.29, 0.717) is 5.41 Å². The fourth-order valence-electron chi connectivity index (χ4n) is 8.36. The fraction of sp³-hybridized carbons (Fsp3) is 1.00. The summed E-state index contributed by atoms with van der Waals surface area (Å²) in [6.45, 7) is 7.24. The SMILES string of the molecule is C[C@H](CBr)[C@H]1CCC[C@H]2[C@@H]3CC[C@@H]4C[C@](C)(O)CC[C@@H]4[C@H]3CC[C@]12C. The number of fused-ring (bicyclic) bond motifs is 5. The highest BCUT2D eigenvalue weighted by Gasteiger charge is 2.56. The van der Waals surface area contributed by atoms with Gasteiger partial charge in [-0.2, -0.15) is 0 Å². The van der Waals surface area contributed by atoms with Gasteiger partial charge in [0.2, 0.25) is 0 Å². The van der Waals surface area contributed by atoms with Gasteiger partial charge in [0.25, 0.3) is 0 Å². The van der Waals surface area contributed by atoms with E-state index >= 15 is 0 Å². The van der Waals surface area contributed by atoms with Gasteiger partial charge in [0.05, 0.1) is 5.60 Å². The van der Waals surface area contributed by atoms with Crippen molar-refractivity contribution in [3.05, 3.63) is 0 Å². The molecule has 1 nitrogen and oxygen atoms in total. The Labute approximate surface area is 163 Å². The second kappa shape index (κ2) is 6.80. The van der Waals surface area contributed by atoms with Crippen LogP contribution in [0.5, 0.6) is 0 Å². The van der Waals surface area contributed by atoms with E-state index in [9.17, 15) is 5.11 Å². The Kier molecular flexibility index (Phi) is 5.11. The van der Waals surface area contributed by atoms with Crippen molar-refractivity contribution < 1.29 is 5.11 Å². The summed E-state index contributed by atoms with van der Waals surface area (Å²) in [5.41, 5.74) is 0.220. The number of hydrogen-bond donors (Lipinski definition) is 1. The molecular formula is C23H39BrO. The Morgan fingerprint density at radius 1 is 0.960 bits per heavy atom. The molecule has 0 aliphatic heterocycles. The van der Waals surface area contributed by atoms with Crippen LogP contribution in [-0.4, -0.2) is 16.0 Å². The summed E-state index contributed by atoms with van der Waals surface area (Å²) in [6, 6.07) is 0. The molecule has 0 amide bonds. The molecule has 0 aromatic carbocycles. The first-order chi connectivity index (χ1) is 11.9. The molecule has 0 spiro atoms. The highest BCUT2D eigenvalue weighted by atomic mass is 79.9. The first-order valence-corrected chi connectivity index (χ1v) is 12.3. The van der Waals surface area contributed by atoms with Crippen LogP contribution in [0.4, 0.5) is 0 Å². The van der Waals surface area contributed by atoms with Gasteiger partial charge in [-0.25, -0.2) is 0 Å². The lowest BCUT2D eigenvalue weighted by Crippen LogP contribution is -2.54. The predicted octanol–water partition coefficient (Wildman–Crippen LogP) is 6.43. The molecular weight excluding hydrogens is 372 g/mol. The average molecular weight is 411 g/mol. The molecule has 0 radical (unpaired) electrons. The monoisotopic (exact) mass is 410 g/mol. The maximum atomic E-state index is 10.6. The summed E-state index contributed by atoms with van der Waals surface area (Å²) < 4.78 is 0. The zero-order chi connectivity index (χ0) is 17.8. The molecule has 0 heterocycles. The highest BCUT2D eigenvalue weighted by Crippen LogP contribution is 2.64. The normalized spacial score (nSPS) is 54.1. The zero-order valence-corrected chi connectivity index (χ0v) is 18.2. The summed E-state index contributed by atoms with van der Waals surface area (Å²) in [7, 11) is 0. The molecule has 25 heavy (non-hydrogen) atoms. The standard InChI is InChI=1S/C23H39BrO/c1-15(14-24)20-5-4-6-21-19-8-7-16-13-22(2,25)11-9-17(16)18(19)10-12-23(20,21)3/h15-21,25H,4-14H2,1-3H3/t15-,16-,17+,18-,19-,20-,21+,22-,23-/m1/s1. The molecule has 2 heteroatoms. The molecule has 0 bridgehead atoms. The number of rotatable bonds is 2. The lowest BCUT2D eigenvalue weighted by Gasteiger charge is -2.61. The van der Waals surface area contributed by atoms with Crippen LogP contribution < -0.4 is 0 Å². The third kappa shape index (κ3) is 3.16. The molecule has 9 atom stereocenters. The van der Waals surface area contributed by atoms with Crippen LogP contribution in [-0.2, 0) is 0 Å². The van der Waals surface area contributed by atoms with E-state index < -0.39 is 0 Å². The maximum Gasteiger partial charge on any atom is 0.0622 e. The molecule has 0 saturated heterocycles. The summed E-state index contributed by atoms with van der Waals surface area (Å²) >= 11 is 3.79. The van der Waals surface area contributed by atoms with Gasteiger partial charge >= 0.3 is 0 Å². The first-order valence-electron chi connectivity index (χ1n) is 11.1. The molecule has 0 aromatic rings. The van der Waals surface area contributed by atoms with Crippen molar-refractivity contribution in [3.8, 4) is 0 Å². The van der Waals surface area contributed by atoms with Crippen LogP contribution in [0.1, 0.15) is 85.0 Å². The van der Waals surface area contributed by atoms with Gasteiger partial charge in [0.15, 0.2) is 0 Å². The quantitative estimate of drug-likeness (QED) is 0.519. The number of alkyl halides is 1. The molecule has 1 N–H and O–H groups in total. The lowest BCUT2D eigenvalue weighted by molar-refractivity contribution is -0.132. The van der Waals surface area contributed by atoms with Gasteiger partial charge < -0.3 is 5.11 Å². The molecule has 4 aliphatic rings. The maximum absolute atomic E-state index is 10.6. The van der Waals surface area contributed by atoms with E-state index in [2.05, 4.69) is 36.7 Å². The van der Waals surface area contributed by atoms with Crippen molar-refractivity contribution in [1.82, 2.24) is 0 Å². The third-order valence-corrected chi connectivity index (χ3v) is 10.5. The minimum atomic E-state index is -0.377. The number of halogens is 1. The van der Waals surface area contributed by atoms with Gasteiger partial charge in [0, 0.05) is 5.33 Å². The van der Waals surface area contributed by atoms with Crippen molar-refractivity contribution in [2.75, 3.05) is 5.33 Å². The Bertz CT molecular complexity index is 488. The minimum absolute atomic E-state index is 0.377. The van der Waals surface area contributed by atoms with E-state index in [1.165, 1.54) is 56.7 Å². The van der Waals surface area contributed by atoms with Crippen LogP contribution in [0, 0.1) is 46.8 Å². The Morgan fingerprint density at radius 2 is 1.72 bits per heavy atom. The van der Waals surface area contributed by atoms with E-state index in [0.717, 1.165) is 54.3 Å². The van der Waals surface area contributed by atoms with Crippen molar-refractivity contribution in [2.24, 2.45) is 46.8 Å². The zero-order valence-electron chi connectivity index (χ0n) is 16.6. The van der Waals surface area contributed by atoms with Crippen molar-refractivity contribution in [3.63, 3.8) is 0 Å². The topological polar surface area (TPSA) is 20.2 Å². The molecule has 0 unspecified atom stereocenters.